The van der Waals surface area contributed by atoms with Gasteiger partial charge in [0.2, 0.25) is 5.91 Å². The quantitative estimate of drug-likeness (QED) is 0.861. The first-order chi connectivity index (χ1) is 12.3. The minimum absolute atomic E-state index is 0.267. The molecule has 130 valence electrons. The van der Waals surface area contributed by atoms with E-state index in [1.165, 1.54) is 11.3 Å². The fraction of sp³-hybridized carbons (Fsp3) is 0.450. The Morgan fingerprint density at radius 3 is 3.00 bits per heavy atom. The molecule has 1 saturated heterocycles. The van der Waals surface area contributed by atoms with Gasteiger partial charge in [-0.3, -0.25) is 4.79 Å². The molecule has 5 heteroatoms. The van der Waals surface area contributed by atoms with Crippen LogP contribution in [0.15, 0.2) is 42.9 Å². The topological polar surface area (TPSA) is 49.3 Å². The molecule has 0 saturated carbocycles. The van der Waals surface area contributed by atoms with E-state index in [0.717, 1.165) is 51.1 Å². The van der Waals surface area contributed by atoms with Gasteiger partial charge in [-0.2, -0.15) is 0 Å². The highest BCUT2D eigenvalue weighted by atomic mass is 16.2. The van der Waals surface area contributed by atoms with Crippen LogP contribution in [0, 0.1) is 0 Å². The number of aromatic nitrogens is 2. The Hall–Kier alpha value is -2.43. The van der Waals surface area contributed by atoms with E-state index in [-0.39, 0.29) is 5.91 Å². The lowest BCUT2D eigenvalue weighted by molar-refractivity contribution is -0.132. The Morgan fingerprint density at radius 1 is 1.20 bits per heavy atom. The standard InChI is InChI=1S/C20H24N4O/c25-20(9-13-23-12-8-16-4-1-2-6-19(16)23)24-11-3-5-17(14-24)18-7-10-21-15-22-18/h1-2,4,6-7,10,15,17H,3,5,8-9,11-14H2/t17-/m1/s1. The first-order valence-corrected chi connectivity index (χ1v) is 9.18. The highest BCUT2D eigenvalue weighted by Gasteiger charge is 2.26. The summed E-state index contributed by atoms with van der Waals surface area (Å²) in [7, 11) is 0. The highest BCUT2D eigenvalue weighted by molar-refractivity contribution is 5.77. The molecule has 2 aliphatic rings. The van der Waals surface area contributed by atoms with Crippen LogP contribution in [0.2, 0.25) is 0 Å². The van der Waals surface area contributed by atoms with E-state index in [0.29, 0.717) is 12.3 Å². The van der Waals surface area contributed by atoms with Crippen LogP contribution < -0.4 is 4.90 Å². The third-order valence-electron chi connectivity index (χ3n) is 5.38. The monoisotopic (exact) mass is 336 g/mol. The van der Waals surface area contributed by atoms with Gasteiger partial charge < -0.3 is 9.80 Å². The molecule has 0 unspecified atom stereocenters. The summed E-state index contributed by atoms with van der Waals surface area (Å²) in [5.74, 6) is 0.608. The molecule has 0 bridgehead atoms. The Labute approximate surface area is 148 Å². The van der Waals surface area contributed by atoms with Crippen molar-refractivity contribution in [3.63, 3.8) is 0 Å². The number of anilines is 1. The van der Waals surface area contributed by atoms with Crippen LogP contribution >= 0.6 is 0 Å². The van der Waals surface area contributed by atoms with E-state index in [1.54, 1.807) is 12.5 Å². The van der Waals surface area contributed by atoms with Crippen molar-refractivity contribution in [1.29, 1.82) is 0 Å². The Morgan fingerprint density at radius 2 is 2.12 bits per heavy atom. The Balaban J connectivity index is 1.34. The number of nitrogens with zero attached hydrogens (tertiary/aromatic N) is 4. The summed E-state index contributed by atoms with van der Waals surface area (Å²) in [5.41, 5.74) is 3.76. The number of fused-ring (bicyclic) bond motifs is 1. The number of carbonyl (C=O) groups excluding carboxylic acids is 1. The molecule has 5 nitrogen and oxygen atoms in total. The number of benzene rings is 1. The van der Waals surface area contributed by atoms with E-state index in [1.807, 2.05) is 11.0 Å². The number of hydrogen-bond acceptors (Lipinski definition) is 4. The first-order valence-electron chi connectivity index (χ1n) is 9.18. The lowest BCUT2D eigenvalue weighted by Crippen LogP contribution is -2.40. The zero-order valence-corrected chi connectivity index (χ0v) is 14.5. The first kappa shape index (κ1) is 16.1. The predicted octanol–water partition coefficient (Wildman–Crippen LogP) is 2.64. The van der Waals surface area contributed by atoms with Crippen LogP contribution in [-0.4, -0.2) is 47.0 Å². The minimum Gasteiger partial charge on any atom is -0.370 e. The van der Waals surface area contributed by atoms with Gasteiger partial charge in [0.15, 0.2) is 0 Å². The van der Waals surface area contributed by atoms with Crippen LogP contribution in [0.4, 0.5) is 5.69 Å². The van der Waals surface area contributed by atoms with E-state index >= 15 is 0 Å². The van der Waals surface area contributed by atoms with Crippen LogP contribution in [0.1, 0.15) is 36.4 Å². The summed E-state index contributed by atoms with van der Waals surface area (Å²) in [6.45, 7) is 3.49. The van der Waals surface area contributed by atoms with Gasteiger partial charge in [0.25, 0.3) is 0 Å². The maximum Gasteiger partial charge on any atom is 0.224 e. The lowest BCUT2D eigenvalue weighted by atomic mass is 9.94. The number of hydrogen-bond donors (Lipinski definition) is 0. The third-order valence-corrected chi connectivity index (χ3v) is 5.38. The molecule has 1 atom stereocenters. The lowest BCUT2D eigenvalue weighted by Gasteiger charge is -2.33. The number of piperidine rings is 1. The number of para-hydroxylation sites is 1. The van der Waals surface area contributed by atoms with E-state index in [2.05, 4.69) is 39.1 Å². The van der Waals surface area contributed by atoms with Gasteiger partial charge in [0.05, 0.1) is 0 Å². The maximum absolute atomic E-state index is 12.7. The van der Waals surface area contributed by atoms with Crippen LogP contribution in [0.3, 0.4) is 0 Å². The van der Waals surface area contributed by atoms with E-state index in [9.17, 15) is 4.79 Å². The average molecular weight is 336 g/mol. The Bertz CT molecular complexity index is 733. The van der Waals surface area contributed by atoms with Crippen molar-refractivity contribution in [2.75, 3.05) is 31.1 Å². The average Bonchev–Trinajstić information content (AvgIpc) is 3.10. The van der Waals surface area contributed by atoms with Gasteiger partial charge >= 0.3 is 0 Å². The molecule has 1 aromatic heterocycles. The van der Waals surface area contributed by atoms with Gasteiger partial charge in [-0.1, -0.05) is 18.2 Å². The molecule has 0 radical (unpaired) electrons. The number of carbonyl (C=O) groups is 1. The molecule has 0 N–H and O–H groups in total. The molecule has 1 fully saturated rings. The molecule has 0 spiro atoms. The molecule has 2 aliphatic heterocycles. The van der Waals surface area contributed by atoms with Gasteiger partial charge in [0, 0.05) is 56.1 Å². The van der Waals surface area contributed by atoms with Gasteiger partial charge in [-0.15, -0.1) is 0 Å². The molecular formula is C20H24N4O. The highest BCUT2D eigenvalue weighted by Crippen LogP contribution is 2.28. The molecule has 1 aromatic carbocycles. The molecule has 2 aromatic rings. The maximum atomic E-state index is 12.7. The summed E-state index contributed by atoms with van der Waals surface area (Å²) in [5, 5.41) is 0. The summed E-state index contributed by atoms with van der Waals surface area (Å²) in [6.07, 6.45) is 7.21. The fourth-order valence-corrected chi connectivity index (χ4v) is 4.02. The number of likely N-dealkylation sites (tertiary alicyclic amines) is 1. The third kappa shape index (κ3) is 3.50. The second kappa shape index (κ2) is 7.21. The molecule has 3 heterocycles. The largest absolute Gasteiger partial charge is 0.370 e. The van der Waals surface area contributed by atoms with Gasteiger partial charge in [0.1, 0.15) is 6.33 Å². The molecule has 4 rings (SSSR count). The predicted molar refractivity (Wildman–Crippen MR) is 97.6 cm³/mol. The SMILES string of the molecule is O=C(CCN1CCc2ccccc21)N1CCC[C@@H](c2ccncn2)C1. The summed E-state index contributed by atoms with van der Waals surface area (Å²) in [4.78, 5) is 25.4. The second-order valence-corrected chi connectivity index (χ2v) is 6.93. The summed E-state index contributed by atoms with van der Waals surface area (Å²) < 4.78 is 0. The molecule has 25 heavy (non-hydrogen) atoms. The second-order valence-electron chi connectivity index (χ2n) is 6.93. The van der Waals surface area contributed by atoms with Crippen LogP contribution in [0.25, 0.3) is 0 Å². The van der Waals surface area contributed by atoms with Crippen molar-refractivity contribution in [3.05, 3.63) is 54.1 Å². The smallest absolute Gasteiger partial charge is 0.224 e. The van der Waals surface area contributed by atoms with Crippen molar-refractivity contribution in [2.45, 2.75) is 31.6 Å². The summed E-state index contributed by atoms with van der Waals surface area (Å²) >= 11 is 0. The van der Waals surface area contributed by atoms with Crippen molar-refractivity contribution in [1.82, 2.24) is 14.9 Å². The molecule has 1 amide bonds. The van der Waals surface area contributed by atoms with Gasteiger partial charge in [-0.05, 0) is 37.0 Å². The van der Waals surface area contributed by atoms with Crippen LogP contribution in [0.5, 0.6) is 0 Å². The fourth-order valence-electron chi connectivity index (χ4n) is 4.02. The molecule has 0 aliphatic carbocycles. The van der Waals surface area contributed by atoms with Crippen molar-refractivity contribution < 1.29 is 4.79 Å². The summed E-state index contributed by atoms with van der Waals surface area (Å²) in [6, 6.07) is 10.5. The normalized spacial score (nSPS) is 19.8. The van der Waals surface area contributed by atoms with Crippen molar-refractivity contribution in [2.24, 2.45) is 0 Å². The number of amides is 1. The van der Waals surface area contributed by atoms with E-state index < -0.39 is 0 Å². The minimum atomic E-state index is 0.267. The zero-order chi connectivity index (χ0) is 17.1. The van der Waals surface area contributed by atoms with Crippen molar-refractivity contribution >= 4 is 11.6 Å². The van der Waals surface area contributed by atoms with E-state index in [4.69, 9.17) is 0 Å². The van der Waals surface area contributed by atoms with Gasteiger partial charge in [-0.25, -0.2) is 9.97 Å². The van der Waals surface area contributed by atoms with Crippen molar-refractivity contribution in [3.8, 4) is 0 Å². The number of rotatable bonds is 4. The zero-order valence-electron chi connectivity index (χ0n) is 14.5. The Kier molecular flexibility index (Phi) is 4.63. The van der Waals surface area contributed by atoms with Crippen LogP contribution in [-0.2, 0) is 11.2 Å². The molecular weight excluding hydrogens is 312 g/mol.